The normalized spacial score (nSPS) is 10.4. The lowest BCUT2D eigenvalue weighted by Crippen LogP contribution is -1.94. The lowest BCUT2D eigenvalue weighted by molar-refractivity contribution is 0.434. The molecule has 0 radical (unpaired) electrons. The van der Waals surface area contributed by atoms with Gasteiger partial charge in [-0.2, -0.15) is 0 Å². The third-order valence-corrected chi connectivity index (χ3v) is 2.84. The Kier molecular flexibility index (Phi) is 3.82. The predicted molar refractivity (Wildman–Crippen MR) is 67.2 cm³/mol. The summed E-state index contributed by atoms with van der Waals surface area (Å²) in [5, 5.41) is 0. The van der Waals surface area contributed by atoms with Crippen molar-refractivity contribution in [3.63, 3.8) is 0 Å². The van der Waals surface area contributed by atoms with E-state index < -0.39 is 11.6 Å². The van der Waals surface area contributed by atoms with E-state index in [2.05, 4.69) is 0 Å². The van der Waals surface area contributed by atoms with E-state index in [1.165, 1.54) is 12.1 Å². The average molecular weight is 269 g/mol. The zero-order valence-electron chi connectivity index (χ0n) is 9.71. The highest BCUT2D eigenvalue weighted by Gasteiger charge is 2.11. The van der Waals surface area contributed by atoms with Crippen LogP contribution in [0, 0.1) is 18.6 Å². The average Bonchev–Trinajstić information content (AvgIpc) is 2.36. The summed E-state index contributed by atoms with van der Waals surface area (Å²) in [7, 11) is 0. The van der Waals surface area contributed by atoms with Gasteiger partial charge in [0.15, 0.2) is 11.6 Å². The molecule has 2 aromatic carbocycles. The third kappa shape index (κ3) is 2.62. The van der Waals surface area contributed by atoms with Crippen molar-refractivity contribution in [2.45, 2.75) is 12.8 Å². The molecule has 0 saturated heterocycles. The summed E-state index contributed by atoms with van der Waals surface area (Å²) in [6.45, 7) is 1.65. The van der Waals surface area contributed by atoms with Crippen LogP contribution in [-0.2, 0) is 5.88 Å². The Balaban J connectivity index is 2.36. The number of ether oxygens (including phenoxy) is 1. The highest BCUT2D eigenvalue weighted by atomic mass is 35.5. The van der Waals surface area contributed by atoms with Crippen LogP contribution in [0.25, 0.3) is 0 Å². The maximum Gasteiger partial charge on any atom is 0.167 e. The van der Waals surface area contributed by atoms with Gasteiger partial charge in [0.05, 0.1) is 5.88 Å². The van der Waals surface area contributed by atoms with Crippen LogP contribution in [0.4, 0.5) is 8.78 Å². The fourth-order valence-electron chi connectivity index (χ4n) is 1.53. The Labute approximate surface area is 109 Å². The fraction of sp³-hybridized carbons (Fsp3) is 0.143. The monoisotopic (exact) mass is 268 g/mol. The Morgan fingerprint density at radius 2 is 1.89 bits per heavy atom. The molecule has 2 aromatic rings. The first kappa shape index (κ1) is 12.8. The lowest BCUT2D eigenvalue weighted by atomic mass is 10.2. The van der Waals surface area contributed by atoms with E-state index in [0.717, 1.165) is 0 Å². The van der Waals surface area contributed by atoms with Crippen LogP contribution in [0.15, 0.2) is 36.4 Å². The first-order valence-electron chi connectivity index (χ1n) is 5.39. The summed E-state index contributed by atoms with van der Waals surface area (Å²) in [5.41, 5.74) is 1.03. The molecule has 4 heteroatoms. The van der Waals surface area contributed by atoms with Crippen LogP contribution in [0.3, 0.4) is 0 Å². The fourth-order valence-corrected chi connectivity index (χ4v) is 1.74. The van der Waals surface area contributed by atoms with Crippen LogP contribution in [-0.4, -0.2) is 0 Å². The maximum atomic E-state index is 13.6. The van der Waals surface area contributed by atoms with E-state index in [-0.39, 0.29) is 17.4 Å². The van der Waals surface area contributed by atoms with Crippen LogP contribution >= 0.6 is 11.6 Å². The molecular formula is C14H11ClF2O. The van der Waals surface area contributed by atoms with E-state index in [4.69, 9.17) is 16.3 Å². The van der Waals surface area contributed by atoms with Crippen molar-refractivity contribution in [2.24, 2.45) is 0 Å². The van der Waals surface area contributed by atoms with Crippen LogP contribution in [0.1, 0.15) is 11.1 Å². The van der Waals surface area contributed by atoms with E-state index in [0.29, 0.717) is 11.1 Å². The lowest BCUT2D eigenvalue weighted by Gasteiger charge is -2.11. The number of aryl methyl sites for hydroxylation is 1. The highest BCUT2D eigenvalue weighted by Crippen LogP contribution is 2.30. The summed E-state index contributed by atoms with van der Waals surface area (Å²) >= 11 is 5.71. The summed E-state index contributed by atoms with van der Waals surface area (Å²) < 4.78 is 32.4. The smallest absolute Gasteiger partial charge is 0.167 e. The molecule has 0 bridgehead atoms. The van der Waals surface area contributed by atoms with Gasteiger partial charge in [-0.05, 0) is 24.6 Å². The van der Waals surface area contributed by atoms with Gasteiger partial charge in [-0.15, -0.1) is 11.6 Å². The van der Waals surface area contributed by atoms with Crippen molar-refractivity contribution in [3.8, 4) is 11.5 Å². The maximum absolute atomic E-state index is 13.6. The first-order chi connectivity index (χ1) is 8.61. The minimum absolute atomic E-state index is 0.0377. The molecule has 0 fully saturated rings. The second kappa shape index (κ2) is 5.36. The topological polar surface area (TPSA) is 9.23 Å². The summed E-state index contributed by atoms with van der Waals surface area (Å²) in [5.74, 6) is -0.503. The molecule has 0 aliphatic rings. The Hall–Kier alpha value is -1.61. The van der Waals surface area contributed by atoms with Gasteiger partial charge in [-0.25, -0.2) is 8.78 Å². The summed E-state index contributed by atoms with van der Waals surface area (Å²) in [4.78, 5) is 0. The van der Waals surface area contributed by atoms with Crippen LogP contribution in [0.2, 0.25) is 0 Å². The van der Waals surface area contributed by atoms with Crippen molar-refractivity contribution in [2.75, 3.05) is 0 Å². The first-order valence-corrected chi connectivity index (χ1v) is 5.92. The number of rotatable bonds is 3. The van der Waals surface area contributed by atoms with Gasteiger partial charge in [0, 0.05) is 11.6 Å². The molecule has 0 unspecified atom stereocenters. The van der Waals surface area contributed by atoms with Gasteiger partial charge in [0.2, 0.25) is 0 Å². The minimum Gasteiger partial charge on any atom is -0.454 e. The second-order valence-electron chi connectivity index (χ2n) is 3.87. The van der Waals surface area contributed by atoms with E-state index in [1.807, 2.05) is 0 Å². The van der Waals surface area contributed by atoms with Crippen LogP contribution in [0.5, 0.6) is 11.5 Å². The number of hydrogen-bond donors (Lipinski definition) is 0. The van der Waals surface area contributed by atoms with Gasteiger partial charge in [-0.1, -0.05) is 18.2 Å². The molecule has 0 aliphatic carbocycles. The molecule has 0 heterocycles. The quantitative estimate of drug-likeness (QED) is 0.726. The molecule has 0 aromatic heterocycles. The minimum atomic E-state index is -0.519. The van der Waals surface area contributed by atoms with Crippen molar-refractivity contribution in [1.29, 1.82) is 0 Å². The van der Waals surface area contributed by atoms with Crippen molar-refractivity contribution >= 4 is 11.6 Å². The Morgan fingerprint density at radius 1 is 1.11 bits per heavy atom. The standard InChI is InChI=1S/C14H11ClF2O/c1-9-5-6-11(7-13(9)17)18-14-10(8-15)3-2-4-12(14)16/h2-7H,8H2,1H3. The van der Waals surface area contributed by atoms with Crippen molar-refractivity contribution < 1.29 is 13.5 Å². The molecular weight excluding hydrogens is 258 g/mol. The van der Waals surface area contributed by atoms with E-state index >= 15 is 0 Å². The number of benzene rings is 2. The highest BCUT2D eigenvalue weighted by molar-refractivity contribution is 6.17. The zero-order chi connectivity index (χ0) is 13.1. The molecule has 0 saturated carbocycles. The second-order valence-corrected chi connectivity index (χ2v) is 4.14. The Morgan fingerprint density at radius 3 is 2.56 bits per heavy atom. The number of alkyl halides is 1. The molecule has 0 spiro atoms. The number of hydrogen-bond acceptors (Lipinski definition) is 1. The third-order valence-electron chi connectivity index (χ3n) is 2.56. The van der Waals surface area contributed by atoms with Gasteiger partial charge in [0.25, 0.3) is 0 Å². The summed E-state index contributed by atoms with van der Waals surface area (Å²) in [6, 6.07) is 8.87. The van der Waals surface area contributed by atoms with Crippen LogP contribution < -0.4 is 4.74 Å². The summed E-state index contributed by atoms with van der Waals surface area (Å²) in [6.07, 6.45) is 0. The molecule has 0 N–H and O–H groups in total. The van der Waals surface area contributed by atoms with Crippen molar-refractivity contribution in [3.05, 3.63) is 59.2 Å². The molecule has 0 amide bonds. The predicted octanol–water partition coefficient (Wildman–Crippen LogP) is 4.80. The Bertz CT molecular complexity index is 570. The molecule has 94 valence electrons. The number of halogens is 3. The molecule has 0 aliphatic heterocycles. The number of para-hydroxylation sites is 1. The van der Waals surface area contributed by atoms with Gasteiger partial charge in [0.1, 0.15) is 11.6 Å². The van der Waals surface area contributed by atoms with E-state index in [9.17, 15) is 8.78 Å². The molecule has 18 heavy (non-hydrogen) atoms. The van der Waals surface area contributed by atoms with Crippen molar-refractivity contribution in [1.82, 2.24) is 0 Å². The van der Waals surface area contributed by atoms with Gasteiger partial charge < -0.3 is 4.74 Å². The van der Waals surface area contributed by atoms with E-state index in [1.54, 1.807) is 31.2 Å². The largest absolute Gasteiger partial charge is 0.454 e. The molecule has 2 rings (SSSR count). The molecule has 1 nitrogen and oxygen atoms in total. The van der Waals surface area contributed by atoms with Gasteiger partial charge >= 0.3 is 0 Å². The van der Waals surface area contributed by atoms with Gasteiger partial charge in [-0.3, -0.25) is 0 Å². The molecule has 0 atom stereocenters. The zero-order valence-corrected chi connectivity index (χ0v) is 10.5. The SMILES string of the molecule is Cc1ccc(Oc2c(F)cccc2CCl)cc1F.